The Hall–Kier alpha value is -7.14. The number of aryl methyl sites for hydroxylation is 2. The van der Waals surface area contributed by atoms with E-state index in [4.69, 9.17) is 9.98 Å². The lowest BCUT2D eigenvalue weighted by atomic mass is 9.88. The standard InChI is InChI=1S/C55H41N3S/c1-35-29-31-42(58-49-26-13-11-22-45(49)46-23-12-14-27-50(46)58)34-47(35)53-36(2)17-15-25-44(53)41-30-32-51-48(33-41)54-43(24-16-28-52(54)59-51)38(4)57-55(40-20-9-6-10-21-40)56-37(3)39-18-7-5-8-19-39/h5-34H,4H2,1-3H3. The topological polar surface area (TPSA) is 29.6 Å². The van der Waals surface area contributed by atoms with Gasteiger partial charge in [0, 0.05) is 53.5 Å². The first kappa shape index (κ1) is 36.2. The Bertz CT molecular complexity index is 3260. The van der Waals surface area contributed by atoms with Gasteiger partial charge in [-0.05, 0) is 102 Å². The first-order valence-corrected chi connectivity index (χ1v) is 20.8. The molecule has 10 rings (SSSR count). The van der Waals surface area contributed by atoms with Crippen molar-refractivity contribution >= 4 is 70.6 Å². The lowest BCUT2D eigenvalue weighted by molar-refractivity contribution is 1.17. The normalized spacial score (nSPS) is 12.3. The zero-order valence-electron chi connectivity index (χ0n) is 33.3. The van der Waals surface area contributed by atoms with E-state index in [-0.39, 0.29) is 0 Å². The van der Waals surface area contributed by atoms with Crippen LogP contribution in [0.2, 0.25) is 0 Å². The van der Waals surface area contributed by atoms with E-state index in [0.717, 1.165) is 33.5 Å². The number of hydrogen-bond donors (Lipinski definition) is 0. The maximum Gasteiger partial charge on any atom is 0.160 e. The molecule has 0 bridgehead atoms. The molecular weight excluding hydrogens is 735 g/mol. The Morgan fingerprint density at radius 1 is 0.525 bits per heavy atom. The number of hydrogen-bond acceptors (Lipinski definition) is 2. The average Bonchev–Trinajstić information content (AvgIpc) is 3.82. The maximum atomic E-state index is 5.18. The molecule has 0 aliphatic carbocycles. The minimum Gasteiger partial charge on any atom is -0.309 e. The second-order valence-electron chi connectivity index (χ2n) is 15.2. The number of thiophene rings is 1. The fraction of sp³-hybridized carbons (Fsp3) is 0.0545. The number of rotatable bonds is 7. The van der Waals surface area contributed by atoms with Gasteiger partial charge in [-0.25, -0.2) is 9.98 Å². The number of fused-ring (bicyclic) bond motifs is 6. The van der Waals surface area contributed by atoms with Gasteiger partial charge in [-0.2, -0.15) is 0 Å². The fourth-order valence-corrected chi connectivity index (χ4v) is 9.66. The van der Waals surface area contributed by atoms with Crippen molar-refractivity contribution in [3.63, 3.8) is 0 Å². The average molecular weight is 776 g/mol. The molecule has 59 heavy (non-hydrogen) atoms. The quantitative estimate of drug-likeness (QED) is 0.114. The minimum atomic E-state index is 0.636. The molecular formula is C55H41N3S. The van der Waals surface area contributed by atoms with Gasteiger partial charge in [0.15, 0.2) is 5.84 Å². The summed E-state index contributed by atoms with van der Waals surface area (Å²) < 4.78 is 4.84. The highest BCUT2D eigenvalue weighted by Gasteiger charge is 2.19. The van der Waals surface area contributed by atoms with E-state index in [1.54, 1.807) is 0 Å². The van der Waals surface area contributed by atoms with Crippen molar-refractivity contribution in [2.24, 2.45) is 9.98 Å². The van der Waals surface area contributed by atoms with Crippen LogP contribution in [0, 0.1) is 13.8 Å². The highest BCUT2D eigenvalue weighted by molar-refractivity contribution is 7.25. The predicted molar refractivity (Wildman–Crippen MR) is 255 cm³/mol. The lowest BCUT2D eigenvalue weighted by Crippen LogP contribution is -2.04. The van der Waals surface area contributed by atoms with Crippen LogP contribution in [0.5, 0.6) is 0 Å². The van der Waals surface area contributed by atoms with Crippen molar-refractivity contribution in [2.75, 3.05) is 0 Å². The van der Waals surface area contributed by atoms with E-state index in [1.807, 2.05) is 54.7 Å². The summed E-state index contributed by atoms with van der Waals surface area (Å²) in [4.78, 5) is 10.3. The molecule has 0 aliphatic heterocycles. The van der Waals surface area contributed by atoms with Crippen molar-refractivity contribution < 1.29 is 0 Å². The summed E-state index contributed by atoms with van der Waals surface area (Å²) in [6.07, 6.45) is 0. The van der Waals surface area contributed by atoms with Crippen molar-refractivity contribution in [2.45, 2.75) is 20.8 Å². The van der Waals surface area contributed by atoms with Crippen LogP contribution in [0.15, 0.2) is 199 Å². The van der Waals surface area contributed by atoms with E-state index in [2.05, 4.69) is 171 Å². The molecule has 2 heterocycles. The molecule has 0 spiro atoms. The van der Waals surface area contributed by atoms with E-state index in [9.17, 15) is 0 Å². The molecule has 0 fully saturated rings. The molecule has 4 heteroatoms. The molecule has 0 amide bonds. The van der Waals surface area contributed by atoms with Crippen LogP contribution in [0.1, 0.15) is 34.7 Å². The molecule has 0 aliphatic rings. The Morgan fingerprint density at radius 3 is 1.92 bits per heavy atom. The summed E-state index contributed by atoms with van der Waals surface area (Å²) >= 11 is 1.81. The molecule has 8 aromatic carbocycles. The van der Waals surface area contributed by atoms with Crippen molar-refractivity contribution in [3.8, 4) is 27.9 Å². The van der Waals surface area contributed by atoms with Crippen LogP contribution in [0.25, 0.3) is 75.6 Å². The van der Waals surface area contributed by atoms with Gasteiger partial charge in [-0.1, -0.05) is 146 Å². The van der Waals surface area contributed by atoms with Crippen molar-refractivity contribution in [1.29, 1.82) is 0 Å². The second-order valence-corrected chi connectivity index (χ2v) is 16.3. The number of aliphatic imine (C=N–C) groups is 2. The van der Waals surface area contributed by atoms with Crippen molar-refractivity contribution in [3.05, 3.63) is 216 Å². The van der Waals surface area contributed by atoms with Crippen LogP contribution < -0.4 is 0 Å². The zero-order chi connectivity index (χ0) is 40.0. The third kappa shape index (κ3) is 6.48. The molecule has 3 nitrogen and oxygen atoms in total. The largest absolute Gasteiger partial charge is 0.309 e. The monoisotopic (exact) mass is 775 g/mol. The summed E-state index contributed by atoms with van der Waals surface area (Å²) in [5.41, 5.74) is 15.5. The molecule has 0 unspecified atom stereocenters. The Morgan fingerprint density at radius 2 is 1.19 bits per heavy atom. The minimum absolute atomic E-state index is 0.636. The second kappa shape index (κ2) is 15.0. The van der Waals surface area contributed by atoms with Gasteiger partial charge in [0.05, 0.1) is 16.7 Å². The van der Waals surface area contributed by atoms with Gasteiger partial charge >= 0.3 is 0 Å². The summed E-state index contributed by atoms with van der Waals surface area (Å²) in [6.45, 7) is 11.1. The predicted octanol–water partition coefficient (Wildman–Crippen LogP) is 15.0. The number of aromatic nitrogens is 1. The van der Waals surface area contributed by atoms with Crippen LogP contribution in [0.4, 0.5) is 0 Å². The van der Waals surface area contributed by atoms with Crippen LogP contribution >= 0.6 is 11.3 Å². The van der Waals surface area contributed by atoms with Crippen LogP contribution in [-0.2, 0) is 0 Å². The number of amidine groups is 1. The van der Waals surface area contributed by atoms with E-state index < -0.39 is 0 Å². The number of benzene rings is 8. The number of nitrogens with zero attached hydrogens (tertiary/aromatic N) is 3. The third-order valence-corrected chi connectivity index (χ3v) is 12.6. The molecule has 2 aromatic heterocycles. The molecule has 0 atom stereocenters. The van der Waals surface area contributed by atoms with Gasteiger partial charge in [-0.15, -0.1) is 11.3 Å². The van der Waals surface area contributed by atoms with Gasteiger partial charge < -0.3 is 4.57 Å². The SMILES string of the molecule is C=C(N=C(N=C(C)c1ccccc1)c1ccccc1)c1cccc2sc3ccc(-c4cccc(C)c4-c4cc(-n5c6ccccc6c6ccccc65)ccc4C)cc3c12. The zero-order valence-corrected chi connectivity index (χ0v) is 34.1. The Labute approximate surface area is 348 Å². The molecule has 0 saturated heterocycles. The van der Waals surface area contributed by atoms with E-state index >= 15 is 0 Å². The molecule has 282 valence electrons. The fourth-order valence-electron chi connectivity index (χ4n) is 8.55. The molecule has 0 saturated carbocycles. The maximum absolute atomic E-state index is 5.18. The van der Waals surface area contributed by atoms with E-state index in [1.165, 1.54) is 70.0 Å². The highest BCUT2D eigenvalue weighted by atomic mass is 32.1. The molecule has 10 aromatic rings. The first-order valence-electron chi connectivity index (χ1n) is 20.0. The first-order chi connectivity index (χ1) is 28.9. The summed E-state index contributed by atoms with van der Waals surface area (Å²) in [5, 5.41) is 4.88. The molecule has 0 N–H and O–H groups in total. The summed E-state index contributed by atoms with van der Waals surface area (Å²) in [6, 6.07) is 64.8. The van der Waals surface area contributed by atoms with E-state index in [0.29, 0.717) is 11.5 Å². The Kier molecular flexibility index (Phi) is 9.20. The third-order valence-electron chi connectivity index (χ3n) is 11.5. The van der Waals surface area contributed by atoms with Crippen LogP contribution in [0.3, 0.4) is 0 Å². The van der Waals surface area contributed by atoms with Gasteiger partial charge in [0.1, 0.15) is 0 Å². The van der Waals surface area contributed by atoms with Gasteiger partial charge in [0.2, 0.25) is 0 Å². The smallest absolute Gasteiger partial charge is 0.160 e. The lowest BCUT2D eigenvalue weighted by Gasteiger charge is -2.18. The van der Waals surface area contributed by atoms with Crippen molar-refractivity contribution in [1.82, 2.24) is 4.57 Å². The van der Waals surface area contributed by atoms with Crippen LogP contribution in [-0.4, -0.2) is 16.1 Å². The molecule has 0 radical (unpaired) electrons. The van der Waals surface area contributed by atoms with Gasteiger partial charge in [0.25, 0.3) is 0 Å². The summed E-state index contributed by atoms with van der Waals surface area (Å²) in [5.74, 6) is 0.636. The Balaban J connectivity index is 1.11. The number of para-hydroxylation sites is 2. The summed E-state index contributed by atoms with van der Waals surface area (Å²) in [7, 11) is 0. The van der Waals surface area contributed by atoms with Gasteiger partial charge in [-0.3, -0.25) is 0 Å². The highest BCUT2D eigenvalue weighted by Crippen LogP contribution is 2.43.